The first kappa shape index (κ1) is 12.6. The maximum absolute atomic E-state index is 11.8. The second-order valence-corrected chi connectivity index (χ2v) is 4.59. The summed E-state index contributed by atoms with van der Waals surface area (Å²) in [7, 11) is 0. The normalized spacial score (nSPS) is 10.7. The Morgan fingerprint density at radius 1 is 1.50 bits per heavy atom. The van der Waals surface area contributed by atoms with Crippen LogP contribution >= 0.6 is 11.6 Å². The second kappa shape index (κ2) is 4.59. The molecule has 3 heteroatoms. The molecular formula is C13H14ClNO. The smallest absolute Gasteiger partial charge is 0.252 e. The van der Waals surface area contributed by atoms with E-state index in [-0.39, 0.29) is 5.91 Å². The number of carbonyl (C=O) groups is 1. The molecule has 0 saturated heterocycles. The van der Waals surface area contributed by atoms with Crippen LogP contribution in [0, 0.1) is 19.3 Å². The zero-order chi connectivity index (χ0) is 12.3. The highest BCUT2D eigenvalue weighted by atomic mass is 35.5. The van der Waals surface area contributed by atoms with Crippen LogP contribution in [0.15, 0.2) is 18.2 Å². The number of benzene rings is 1. The van der Waals surface area contributed by atoms with Gasteiger partial charge in [-0.25, -0.2) is 0 Å². The van der Waals surface area contributed by atoms with Crippen LogP contribution in [-0.2, 0) is 0 Å². The Balaban J connectivity index is 2.91. The minimum Gasteiger partial charge on any atom is -0.336 e. The Labute approximate surface area is 101 Å². The van der Waals surface area contributed by atoms with Gasteiger partial charge in [-0.3, -0.25) is 4.79 Å². The summed E-state index contributed by atoms with van der Waals surface area (Å²) in [5, 5.41) is 3.40. The first-order valence-corrected chi connectivity index (χ1v) is 5.30. The molecule has 1 amide bonds. The SMILES string of the molecule is C#CC(C)(C)NC(=O)c1ccc(Cl)c(C)c1. The predicted octanol–water partition coefficient (Wildman–Crippen LogP) is 2.79. The van der Waals surface area contributed by atoms with Crippen LogP contribution in [-0.4, -0.2) is 11.4 Å². The van der Waals surface area contributed by atoms with Gasteiger partial charge in [0, 0.05) is 10.6 Å². The topological polar surface area (TPSA) is 29.1 Å². The van der Waals surface area contributed by atoms with Crippen LogP contribution in [0.2, 0.25) is 5.02 Å². The molecule has 0 atom stereocenters. The molecule has 0 heterocycles. The molecule has 0 radical (unpaired) electrons. The maximum Gasteiger partial charge on any atom is 0.252 e. The van der Waals surface area contributed by atoms with Crippen molar-refractivity contribution in [3.63, 3.8) is 0 Å². The van der Waals surface area contributed by atoms with E-state index in [0.29, 0.717) is 10.6 Å². The number of amides is 1. The van der Waals surface area contributed by atoms with E-state index < -0.39 is 5.54 Å². The lowest BCUT2D eigenvalue weighted by Crippen LogP contribution is -2.42. The minimum absolute atomic E-state index is 0.192. The van der Waals surface area contributed by atoms with Crippen molar-refractivity contribution in [3.05, 3.63) is 34.3 Å². The van der Waals surface area contributed by atoms with Gasteiger partial charge in [0.2, 0.25) is 0 Å². The van der Waals surface area contributed by atoms with Gasteiger partial charge in [0.25, 0.3) is 5.91 Å². The Morgan fingerprint density at radius 2 is 2.12 bits per heavy atom. The van der Waals surface area contributed by atoms with E-state index in [4.69, 9.17) is 18.0 Å². The number of terminal acetylenes is 1. The van der Waals surface area contributed by atoms with E-state index in [1.807, 2.05) is 6.92 Å². The second-order valence-electron chi connectivity index (χ2n) is 4.19. The largest absolute Gasteiger partial charge is 0.336 e. The summed E-state index contributed by atoms with van der Waals surface area (Å²) in [4.78, 5) is 11.8. The summed E-state index contributed by atoms with van der Waals surface area (Å²) in [6, 6.07) is 5.12. The van der Waals surface area contributed by atoms with E-state index in [1.165, 1.54) is 0 Å². The summed E-state index contributed by atoms with van der Waals surface area (Å²) in [5.74, 6) is 2.32. The first-order valence-electron chi connectivity index (χ1n) is 4.92. The lowest BCUT2D eigenvalue weighted by molar-refractivity contribution is 0.0930. The fraction of sp³-hybridized carbons (Fsp3) is 0.308. The monoisotopic (exact) mass is 235 g/mol. The molecule has 0 aliphatic carbocycles. The van der Waals surface area contributed by atoms with E-state index in [9.17, 15) is 4.79 Å². The first-order chi connectivity index (χ1) is 7.35. The molecule has 0 saturated carbocycles. The van der Waals surface area contributed by atoms with Gasteiger partial charge >= 0.3 is 0 Å². The summed E-state index contributed by atoms with van der Waals surface area (Å²) in [5.41, 5.74) is 0.781. The average molecular weight is 236 g/mol. The standard InChI is InChI=1S/C13H14ClNO/c1-5-13(3,4)15-12(16)10-6-7-11(14)9(2)8-10/h1,6-8H,2-4H3,(H,15,16). The molecule has 1 aromatic carbocycles. The third-order valence-corrected chi connectivity index (χ3v) is 2.63. The van der Waals surface area contributed by atoms with Crippen molar-refractivity contribution in [2.45, 2.75) is 26.3 Å². The molecule has 0 aromatic heterocycles. The Morgan fingerprint density at radius 3 is 2.62 bits per heavy atom. The van der Waals surface area contributed by atoms with Gasteiger partial charge < -0.3 is 5.32 Å². The van der Waals surface area contributed by atoms with Crippen molar-refractivity contribution in [2.75, 3.05) is 0 Å². The highest BCUT2D eigenvalue weighted by Gasteiger charge is 2.18. The number of nitrogens with one attached hydrogen (secondary N) is 1. The third kappa shape index (κ3) is 3.01. The molecule has 0 unspecified atom stereocenters. The van der Waals surface area contributed by atoms with Crippen molar-refractivity contribution in [1.82, 2.24) is 5.32 Å². The van der Waals surface area contributed by atoms with Crippen molar-refractivity contribution in [3.8, 4) is 12.3 Å². The predicted molar refractivity (Wildman–Crippen MR) is 66.6 cm³/mol. The van der Waals surface area contributed by atoms with Crippen LogP contribution in [0.3, 0.4) is 0 Å². The summed E-state index contributed by atoms with van der Waals surface area (Å²) >= 11 is 5.88. The molecule has 1 aromatic rings. The van der Waals surface area contributed by atoms with Crippen LogP contribution in [0.1, 0.15) is 29.8 Å². The molecule has 0 spiro atoms. The summed E-state index contributed by atoms with van der Waals surface area (Å²) in [6.07, 6.45) is 5.30. The summed E-state index contributed by atoms with van der Waals surface area (Å²) in [6.45, 7) is 5.40. The summed E-state index contributed by atoms with van der Waals surface area (Å²) < 4.78 is 0. The van der Waals surface area contributed by atoms with Gasteiger partial charge in [0.1, 0.15) is 0 Å². The van der Waals surface area contributed by atoms with Crippen molar-refractivity contribution in [2.24, 2.45) is 0 Å². The quantitative estimate of drug-likeness (QED) is 0.785. The Hall–Kier alpha value is -1.46. The molecule has 1 N–H and O–H groups in total. The number of carbonyl (C=O) groups excluding carboxylic acids is 1. The van der Waals surface area contributed by atoms with Gasteiger partial charge in [0.15, 0.2) is 0 Å². The van der Waals surface area contributed by atoms with Crippen molar-refractivity contribution >= 4 is 17.5 Å². The average Bonchev–Trinajstić information content (AvgIpc) is 2.21. The number of hydrogen-bond donors (Lipinski definition) is 1. The van der Waals surface area contributed by atoms with E-state index in [0.717, 1.165) is 5.56 Å². The van der Waals surface area contributed by atoms with Crippen molar-refractivity contribution in [1.29, 1.82) is 0 Å². The van der Waals surface area contributed by atoms with Gasteiger partial charge in [-0.2, -0.15) is 0 Å². The van der Waals surface area contributed by atoms with Crippen LogP contribution in [0.25, 0.3) is 0 Å². The zero-order valence-electron chi connectivity index (χ0n) is 9.60. The Bertz CT molecular complexity index is 457. The maximum atomic E-state index is 11.8. The number of halogens is 1. The fourth-order valence-corrected chi connectivity index (χ4v) is 1.30. The van der Waals surface area contributed by atoms with E-state index >= 15 is 0 Å². The number of aryl methyl sites for hydroxylation is 1. The molecule has 84 valence electrons. The van der Waals surface area contributed by atoms with Gasteiger partial charge in [-0.05, 0) is 44.5 Å². The molecule has 1 rings (SSSR count). The third-order valence-electron chi connectivity index (χ3n) is 2.21. The van der Waals surface area contributed by atoms with Gasteiger partial charge in [-0.1, -0.05) is 17.5 Å². The van der Waals surface area contributed by atoms with Crippen LogP contribution < -0.4 is 5.32 Å². The molecule has 0 aliphatic rings. The molecular weight excluding hydrogens is 222 g/mol. The highest BCUT2D eigenvalue weighted by Crippen LogP contribution is 2.16. The van der Waals surface area contributed by atoms with Crippen molar-refractivity contribution < 1.29 is 4.79 Å². The van der Waals surface area contributed by atoms with Crippen LogP contribution in [0.5, 0.6) is 0 Å². The zero-order valence-corrected chi connectivity index (χ0v) is 10.4. The molecule has 16 heavy (non-hydrogen) atoms. The Kier molecular flexibility index (Phi) is 3.62. The van der Waals surface area contributed by atoms with Gasteiger partial charge in [0.05, 0.1) is 5.54 Å². The minimum atomic E-state index is -0.648. The van der Waals surface area contributed by atoms with Crippen LogP contribution in [0.4, 0.5) is 0 Å². The van der Waals surface area contributed by atoms with E-state index in [1.54, 1.807) is 32.0 Å². The lowest BCUT2D eigenvalue weighted by atomic mass is 10.1. The molecule has 0 bridgehead atoms. The lowest BCUT2D eigenvalue weighted by Gasteiger charge is -2.19. The van der Waals surface area contributed by atoms with Gasteiger partial charge in [-0.15, -0.1) is 6.42 Å². The molecule has 0 aliphatic heterocycles. The molecule has 0 fully saturated rings. The highest BCUT2D eigenvalue weighted by molar-refractivity contribution is 6.31. The fourth-order valence-electron chi connectivity index (χ4n) is 1.18. The number of rotatable bonds is 2. The molecule has 2 nitrogen and oxygen atoms in total. The van der Waals surface area contributed by atoms with E-state index in [2.05, 4.69) is 11.2 Å². The number of hydrogen-bond acceptors (Lipinski definition) is 1.